The van der Waals surface area contributed by atoms with E-state index in [0.29, 0.717) is 34.6 Å². The molecule has 1 aromatic heterocycles. The van der Waals surface area contributed by atoms with Crippen molar-refractivity contribution in [2.45, 2.75) is 47.1 Å². The largest absolute Gasteiger partial charge is 0.358 e. The van der Waals surface area contributed by atoms with Crippen LogP contribution >= 0.6 is 0 Å². The molecule has 3 N–H and O–H groups in total. The minimum Gasteiger partial charge on any atom is -0.358 e. The first kappa shape index (κ1) is 22.7. The predicted octanol–water partition coefficient (Wildman–Crippen LogP) is 4.11. The number of nitrogens with zero attached hydrogens (tertiary/aromatic N) is 1. The Morgan fingerprint density at radius 3 is 2.61 bits per heavy atom. The van der Waals surface area contributed by atoms with Crippen LogP contribution in [-0.4, -0.2) is 46.9 Å². The number of aryl methyl sites for hydroxylation is 1. The van der Waals surface area contributed by atoms with E-state index in [1.54, 1.807) is 12.1 Å². The Morgan fingerprint density at radius 1 is 1.26 bits per heavy atom. The van der Waals surface area contributed by atoms with Crippen molar-refractivity contribution >= 4 is 29.2 Å². The van der Waals surface area contributed by atoms with Crippen molar-refractivity contribution in [3.8, 4) is 0 Å². The average molecular weight is 427 g/mol. The fourth-order valence-corrected chi connectivity index (χ4v) is 4.07. The Hall–Kier alpha value is -2.93. The van der Waals surface area contributed by atoms with E-state index in [-0.39, 0.29) is 17.4 Å². The molecule has 0 fully saturated rings. The van der Waals surface area contributed by atoms with Crippen molar-refractivity contribution in [2.75, 3.05) is 25.0 Å². The monoisotopic (exact) mass is 426 g/mol. The second kappa shape index (κ2) is 8.67. The molecule has 7 heteroatoms. The van der Waals surface area contributed by atoms with Crippen molar-refractivity contribution in [3.05, 3.63) is 52.1 Å². The molecule has 0 radical (unpaired) electrons. The van der Waals surface area contributed by atoms with Gasteiger partial charge in [0.1, 0.15) is 5.82 Å². The molecule has 1 aliphatic rings. The zero-order chi connectivity index (χ0) is 22.9. The van der Waals surface area contributed by atoms with Crippen LogP contribution in [0.4, 0.5) is 10.1 Å². The van der Waals surface area contributed by atoms with E-state index in [1.165, 1.54) is 12.1 Å². The van der Waals surface area contributed by atoms with Crippen molar-refractivity contribution in [1.29, 1.82) is 0 Å². The summed E-state index contributed by atoms with van der Waals surface area (Å²) in [5.41, 5.74) is 4.22. The molecule has 2 amide bonds. The fraction of sp³-hybridized carbons (Fsp3) is 0.417. The van der Waals surface area contributed by atoms with Crippen molar-refractivity contribution in [1.82, 2.24) is 15.2 Å². The van der Waals surface area contributed by atoms with E-state index >= 15 is 0 Å². The topological polar surface area (TPSA) is 77.2 Å². The third-order valence-electron chi connectivity index (χ3n) is 5.75. The molecule has 0 saturated carbocycles. The van der Waals surface area contributed by atoms with Crippen LogP contribution in [0.15, 0.2) is 18.2 Å². The SMILES string of the molecule is CCN(CCNC(=O)c1c(C)[nH]c(/C=C2\C(=O)Nc3ccc(F)cc32)c1C)C(C)(C)C. The van der Waals surface area contributed by atoms with Gasteiger partial charge in [0.25, 0.3) is 11.8 Å². The minimum absolute atomic E-state index is 0.0381. The summed E-state index contributed by atoms with van der Waals surface area (Å²) in [6, 6.07) is 4.20. The summed E-state index contributed by atoms with van der Waals surface area (Å²) >= 11 is 0. The number of nitrogens with one attached hydrogen (secondary N) is 3. The molecule has 0 aliphatic carbocycles. The number of aromatic amines is 1. The fourth-order valence-electron chi connectivity index (χ4n) is 4.07. The molecule has 2 heterocycles. The zero-order valence-corrected chi connectivity index (χ0v) is 19.1. The highest BCUT2D eigenvalue weighted by Gasteiger charge is 2.26. The minimum atomic E-state index is -0.406. The van der Waals surface area contributed by atoms with Gasteiger partial charge >= 0.3 is 0 Å². The van der Waals surface area contributed by atoms with Crippen LogP contribution in [-0.2, 0) is 4.79 Å². The van der Waals surface area contributed by atoms with Gasteiger partial charge in [0.15, 0.2) is 0 Å². The van der Waals surface area contributed by atoms with E-state index in [9.17, 15) is 14.0 Å². The van der Waals surface area contributed by atoms with Gasteiger partial charge in [-0.05, 0) is 71.0 Å². The highest BCUT2D eigenvalue weighted by Crippen LogP contribution is 2.34. The molecule has 1 aliphatic heterocycles. The highest BCUT2D eigenvalue weighted by molar-refractivity contribution is 6.34. The molecule has 0 spiro atoms. The van der Waals surface area contributed by atoms with Crippen molar-refractivity contribution in [2.24, 2.45) is 0 Å². The van der Waals surface area contributed by atoms with Crippen LogP contribution in [0.5, 0.6) is 0 Å². The first-order chi connectivity index (χ1) is 14.5. The van der Waals surface area contributed by atoms with Gasteiger partial charge in [0, 0.05) is 41.3 Å². The number of benzene rings is 1. The number of aromatic nitrogens is 1. The molecular formula is C24H31FN4O2. The van der Waals surface area contributed by atoms with Crippen LogP contribution in [0.2, 0.25) is 0 Å². The number of hydrogen-bond acceptors (Lipinski definition) is 3. The molecular weight excluding hydrogens is 395 g/mol. The Labute approximate surface area is 182 Å². The molecule has 0 atom stereocenters. The number of amides is 2. The van der Waals surface area contributed by atoms with Crippen molar-refractivity contribution in [3.63, 3.8) is 0 Å². The van der Waals surface area contributed by atoms with E-state index in [1.807, 2.05) is 13.8 Å². The van der Waals surface area contributed by atoms with Gasteiger partial charge in [0.2, 0.25) is 0 Å². The van der Waals surface area contributed by atoms with E-state index < -0.39 is 5.82 Å². The third-order valence-corrected chi connectivity index (χ3v) is 5.75. The Balaban J connectivity index is 1.80. The summed E-state index contributed by atoms with van der Waals surface area (Å²) in [7, 11) is 0. The summed E-state index contributed by atoms with van der Waals surface area (Å²) < 4.78 is 13.7. The normalized spacial score (nSPS) is 14.8. The van der Waals surface area contributed by atoms with E-state index in [2.05, 4.69) is 48.2 Å². The molecule has 3 rings (SSSR count). The molecule has 6 nitrogen and oxygen atoms in total. The molecule has 0 saturated heterocycles. The number of hydrogen-bond donors (Lipinski definition) is 3. The predicted molar refractivity (Wildman–Crippen MR) is 123 cm³/mol. The maximum Gasteiger partial charge on any atom is 0.256 e. The first-order valence-corrected chi connectivity index (χ1v) is 10.6. The van der Waals surface area contributed by atoms with Gasteiger partial charge in [-0.3, -0.25) is 14.5 Å². The lowest BCUT2D eigenvalue weighted by atomic mass is 10.0. The quantitative estimate of drug-likeness (QED) is 0.609. The summed E-state index contributed by atoms with van der Waals surface area (Å²) in [6.45, 7) is 14.5. The Kier molecular flexibility index (Phi) is 6.36. The van der Waals surface area contributed by atoms with Gasteiger partial charge in [-0.15, -0.1) is 0 Å². The summed E-state index contributed by atoms with van der Waals surface area (Å²) in [5, 5.41) is 5.75. The number of halogens is 1. The van der Waals surface area contributed by atoms with Crippen LogP contribution in [0.3, 0.4) is 0 Å². The molecule has 166 valence electrons. The molecule has 0 bridgehead atoms. The van der Waals surface area contributed by atoms with Crippen LogP contribution in [0, 0.1) is 19.7 Å². The number of likely N-dealkylation sites (N-methyl/N-ethyl adjacent to an activating group) is 1. The number of fused-ring (bicyclic) bond motifs is 1. The Morgan fingerprint density at radius 2 is 1.97 bits per heavy atom. The van der Waals surface area contributed by atoms with Crippen LogP contribution < -0.4 is 10.6 Å². The smallest absolute Gasteiger partial charge is 0.256 e. The molecule has 0 unspecified atom stereocenters. The molecule has 31 heavy (non-hydrogen) atoms. The number of anilines is 1. The van der Waals surface area contributed by atoms with Gasteiger partial charge in [0.05, 0.1) is 11.1 Å². The highest BCUT2D eigenvalue weighted by atomic mass is 19.1. The molecule has 1 aromatic carbocycles. The van der Waals surface area contributed by atoms with Gasteiger partial charge in [-0.1, -0.05) is 6.92 Å². The summed E-state index contributed by atoms with van der Waals surface area (Å²) in [5.74, 6) is -0.847. The summed E-state index contributed by atoms with van der Waals surface area (Å²) in [6.07, 6.45) is 1.68. The standard InChI is InChI=1S/C24H31FN4O2/c1-7-29(24(4,5)6)11-10-26-23(31)21-14(2)20(27-15(21)3)13-18-17-12-16(25)8-9-19(17)28-22(18)30/h8-9,12-13,27H,7,10-11H2,1-6H3,(H,26,31)(H,28,30)/b18-13-. The van der Waals surface area contributed by atoms with Gasteiger partial charge < -0.3 is 15.6 Å². The van der Waals surface area contributed by atoms with Gasteiger partial charge in [-0.2, -0.15) is 0 Å². The van der Waals surface area contributed by atoms with Crippen molar-refractivity contribution < 1.29 is 14.0 Å². The van der Waals surface area contributed by atoms with Gasteiger partial charge in [-0.25, -0.2) is 4.39 Å². The second-order valence-corrected chi connectivity index (χ2v) is 8.87. The first-order valence-electron chi connectivity index (χ1n) is 10.6. The summed E-state index contributed by atoms with van der Waals surface area (Å²) in [4.78, 5) is 30.8. The van der Waals surface area contributed by atoms with E-state index in [4.69, 9.17) is 0 Å². The zero-order valence-electron chi connectivity index (χ0n) is 19.1. The lowest BCUT2D eigenvalue weighted by Crippen LogP contribution is -2.45. The number of H-pyrrole nitrogens is 1. The lowest BCUT2D eigenvalue weighted by molar-refractivity contribution is -0.110. The Bertz CT molecular complexity index is 1050. The second-order valence-electron chi connectivity index (χ2n) is 8.87. The number of carbonyl (C=O) groups excluding carboxylic acids is 2. The van der Waals surface area contributed by atoms with Crippen LogP contribution in [0.25, 0.3) is 11.6 Å². The van der Waals surface area contributed by atoms with E-state index in [0.717, 1.165) is 24.3 Å². The molecule has 2 aromatic rings. The lowest BCUT2D eigenvalue weighted by Gasteiger charge is -2.34. The average Bonchev–Trinajstić information content (AvgIpc) is 3.13. The van der Waals surface area contributed by atoms with Crippen LogP contribution in [0.1, 0.15) is 60.6 Å². The maximum atomic E-state index is 13.7. The number of carbonyl (C=O) groups is 2. The number of rotatable bonds is 6. The third kappa shape index (κ3) is 4.71. The maximum absolute atomic E-state index is 13.7.